The summed E-state index contributed by atoms with van der Waals surface area (Å²) in [5.41, 5.74) is 7.54. The SMILES string of the molecule is NC(=O)NCCCN1c2ccccc2Sc2ccccc21. The van der Waals surface area contributed by atoms with Crippen molar-refractivity contribution in [2.75, 3.05) is 18.0 Å². The van der Waals surface area contributed by atoms with Crippen LogP contribution in [0.3, 0.4) is 0 Å². The molecule has 2 amide bonds. The summed E-state index contributed by atoms with van der Waals surface area (Å²) in [6.07, 6.45) is 0.844. The fourth-order valence-electron chi connectivity index (χ4n) is 2.47. The van der Waals surface area contributed by atoms with E-state index in [2.05, 4.69) is 58.7 Å². The highest BCUT2D eigenvalue weighted by molar-refractivity contribution is 7.99. The number of fused-ring (bicyclic) bond motifs is 2. The molecule has 0 spiro atoms. The number of nitrogens with one attached hydrogen (secondary N) is 1. The van der Waals surface area contributed by atoms with Crippen LogP contribution in [-0.2, 0) is 0 Å². The molecule has 0 saturated heterocycles. The van der Waals surface area contributed by atoms with Gasteiger partial charge in [-0.15, -0.1) is 0 Å². The maximum Gasteiger partial charge on any atom is 0.312 e. The smallest absolute Gasteiger partial charge is 0.312 e. The Bertz CT molecular complexity index is 614. The zero-order valence-electron chi connectivity index (χ0n) is 11.6. The van der Waals surface area contributed by atoms with Gasteiger partial charge in [-0.2, -0.15) is 0 Å². The van der Waals surface area contributed by atoms with Crippen molar-refractivity contribution in [2.45, 2.75) is 16.2 Å². The molecule has 1 aliphatic rings. The molecule has 4 nitrogen and oxygen atoms in total. The first kappa shape index (κ1) is 13.8. The van der Waals surface area contributed by atoms with Crippen LogP contribution in [-0.4, -0.2) is 19.1 Å². The standard InChI is InChI=1S/C16H17N3OS/c17-16(20)18-10-5-11-19-12-6-1-3-8-14(12)21-15-9-4-2-7-13(15)19/h1-4,6-9H,5,10-11H2,(H3,17,18,20). The van der Waals surface area contributed by atoms with E-state index in [1.165, 1.54) is 21.2 Å². The minimum atomic E-state index is -0.468. The molecule has 1 heterocycles. The number of nitrogens with two attached hydrogens (primary N) is 1. The van der Waals surface area contributed by atoms with Crippen LogP contribution in [0, 0.1) is 0 Å². The summed E-state index contributed by atoms with van der Waals surface area (Å²) in [5.74, 6) is 0. The van der Waals surface area contributed by atoms with Crippen LogP contribution in [0.5, 0.6) is 0 Å². The zero-order chi connectivity index (χ0) is 14.7. The lowest BCUT2D eigenvalue weighted by Crippen LogP contribution is -2.32. The molecule has 2 aromatic rings. The third-order valence-corrected chi connectivity index (χ3v) is 4.52. The van der Waals surface area contributed by atoms with Gasteiger partial charge in [0.25, 0.3) is 0 Å². The first-order chi connectivity index (χ1) is 10.3. The Labute approximate surface area is 128 Å². The minimum Gasteiger partial charge on any atom is -0.352 e. The van der Waals surface area contributed by atoms with Gasteiger partial charge >= 0.3 is 6.03 Å². The van der Waals surface area contributed by atoms with Crippen LogP contribution in [0.1, 0.15) is 6.42 Å². The third kappa shape index (κ3) is 2.97. The van der Waals surface area contributed by atoms with E-state index in [4.69, 9.17) is 5.73 Å². The molecular weight excluding hydrogens is 282 g/mol. The first-order valence-electron chi connectivity index (χ1n) is 6.92. The summed E-state index contributed by atoms with van der Waals surface area (Å²) < 4.78 is 0. The van der Waals surface area contributed by atoms with Gasteiger partial charge in [-0.3, -0.25) is 0 Å². The monoisotopic (exact) mass is 299 g/mol. The number of primary amides is 1. The van der Waals surface area contributed by atoms with Crippen LogP contribution in [0.15, 0.2) is 58.3 Å². The van der Waals surface area contributed by atoms with E-state index >= 15 is 0 Å². The van der Waals surface area contributed by atoms with Gasteiger partial charge in [0.15, 0.2) is 0 Å². The summed E-state index contributed by atoms with van der Waals surface area (Å²) >= 11 is 1.80. The van der Waals surface area contributed by atoms with E-state index in [9.17, 15) is 4.79 Å². The minimum absolute atomic E-state index is 0.468. The van der Waals surface area contributed by atoms with Crippen LogP contribution >= 0.6 is 11.8 Å². The number of rotatable bonds is 4. The number of anilines is 2. The molecule has 3 rings (SSSR count). The van der Waals surface area contributed by atoms with Crippen LogP contribution < -0.4 is 16.0 Å². The average Bonchev–Trinajstić information content (AvgIpc) is 2.50. The number of hydrogen-bond donors (Lipinski definition) is 2. The largest absolute Gasteiger partial charge is 0.352 e. The molecule has 0 radical (unpaired) electrons. The lowest BCUT2D eigenvalue weighted by Gasteiger charge is -2.32. The fraction of sp³-hybridized carbons (Fsp3) is 0.188. The van der Waals surface area contributed by atoms with Gasteiger partial charge in [0.1, 0.15) is 0 Å². The number of nitrogens with zero attached hydrogens (tertiary/aromatic N) is 1. The van der Waals surface area contributed by atoms with Gasteiger partial charge in [-0.1, -0.05) is 36.0 Å². The quantitative estimate of drug-likeness (QED) is 0.851. The molecule has 0 aliphatic carbocycles. The molecule has 3 N–H and O–H groups in total. The molecule has 108 valence electrons. The summed E-state index contributed by atoms with van der Waals surface area (Å²) in [6, 6.07) is 16.3. The summed E-state index contributed by atoms with van der Waals surface area (Å²) in [7, 11) is 0. The molecular formula is C16H17N3OS. The summed E-state index contributed by atoms with van der Waals surface area (Å²) in [4.78, 5) is 15.6. The molecule has 5 heteroatoms. The average molecular weight is 299 g/mol. The normalized spacial score (nSPS) is 12.5. The Morgan fingerprint density at radius 2 is 1.62 bits per heavy atom. The second kappa shape index (κ2) is 6.10. The number of benzene rings is 2. The third-order valence-electron chi connectivity index (χ3n) is 3.39. The molecule has 0 saturated carbocycles. The Morgan fingerprint density at radius 1 is 1.05 bits per heavy atom. The lowest BCUT2D eigenvalue weighted by molar-refractivity contribution is 0.249. The molecule has 0 fully saturated rings. The van der Waals surface area contributed by atoms with Crippen molar-refractivity contribution in [3.05, 3.63) is 48.5 Å². The second-order valence-electron chi connectivity index (χ2n) is 4.83. The number of hydrogen-bond acceptors (Lipinski definition) is 3. The number of carbonyl (C=O) groups is 1. The number of carbonyl (C=O) groups excluding carboxylic acids is 1. The molecule has 0 bridgehead atoms. The van der Waals surface area contributed by atoms with Crippen molar-refractivity contribution in [1.82, 2.24) is 5.32 Å². The number of urea groups is 1. The molecule has 0 unspecified atom stereocenters. The van der Waals surface area contributed by atoms with Crippen LogP contribution in [0.4, 0.5) is 16.2 Å². The zero-order valence-corrected chi connectivity index (χ0v) is 12.4. The Balaban J connectivity index is 1.83. The van der Waals surface area contributed by atoms with Crippen molar-refractivity contribution in [1.29, 1.82) is 0 Å². The molecule has 21 heavy (non-hydrogen) atoms. The first-order valence-corrected chi connectivity index (χ1v) is 7.74. The van der Waals surface area contributed by atoms with Gasteiger partial charge in [-0.05, 0) is 30.7 Å². The van der Waals surface area contributed by atoms with E-state index in [0.717, 1.165) is 13.0 Å². The highest BCUT2D eigenvalue weighted by Crippen LogP contribution is 2.47. The topological polar surface area (TPSA) is 58.4 Å². The molecule has 0 atom stereocenters. The van der Waals surface area contributed by atoms with Crippen molar-refractivity contribution in [3.8, 4) is 0 Å². The fourth-order valence-corrected chi connectivity index (χ4v) is 3.57. The van der Waals surface area contributed by atoms with Gasteiger partial charge < -0.3 is 16.0 Å². The van der Waals surface area contributed by atoms with Crippen molar-refractivity contribution >= 4 is 29.2 Å². The van der Waals surface area contributed by atoms with Gasteiger partial charge in [0, 0.05) is 22.9 Å². The van der Waals surface area contributed by atoms with E-state index in [-0.39, 0.29) is 0 Å². The predicted octanol–water partition coefficient (Wildman–Crippen LogP) is 3.35. The highest BCUT2D eigenvalue weighted by Gasteiger charge is 2.22. The highest BCUT2D eigenvalue weighted by atomic mass is 32.2. The predicted molar refractivity (Wildman–Crippen MR) is 86.2 cm³/mol. The van der Waals surface area contributed by atoms with Crippen LogP contribution in [0.2, 0.25) is 0 Å². The second-order valence-corrected chi connectivity index (χ2v) is 5.92. The van der Waals surface area contributed by atoms with Gasteiger partial charge in [0.05, 0.1) is 11.4 Å². The Morgan fingerprint density at radius 3 is 2.19 bits per heavy atom. The van der Waals surface area contributed by atoms with E-state index in [0.29, 0.717) is 6.54 Å². The van der Waals surface area contributed by atoms with E-state index in [1.54, 1.807) is 11.8 Å². The van der Waals surface area contributed by atoms with Crippen molar-refractivity contribution in [3.63, 3.8) is 0 Å². The van der Waals surface area contributed by atoms with Crippen molar-refractivity contribution < 1.29 is 4.79 Å². The maximum absolute atomic E-state index is 10.7. The van der Waals surface area contributed by atoms with Crippen molar-refractivity contribution in [2.24, 2.45) is 5.73 Å². The van der Waals surface area contributed by atoms with E-state index in [1.807, 2.05) is 0 Å². The number of para-hydroxylation sites is 2. The Hall–Kier alpha value is -2.14. The van der Waals surface area contributed by atoms with Gasteiger partial charge in [0.2, 0.25) is 0 Å². The summed E-state index contributed by atoms with van der Waals surface area (Å²) in [5, 5.41) is 2.64. The lowest BCUT2D eigenvalue weighted by atomic mass is 10.2. The number of amides is 2. The summed E-state index contributed by atoms with van der Waals surface area (Å²) in [6.45, 7) is 1.43. The molecule has 0 aromatic heterocycles. The molecule has 1 aliphatic heterocycles. The Kier molecular flexibility index (Phi) is 4.01. The maximum atomic E-state index is 10.7. The van der Waals surface area contributed by atoms with Gasteiger partial charge in [-0.25, -0.2) is 4.79 Å². The molecule has 2 aromatic carbocycles. The van der Waals surface area contributed by atoms with Crippen LogP contribution in [0.25, 0.3) is 0 Å². The van der Waals surface area contributed by atoms with E-state index < -0.39 is 6.03 Å².